The van der Waals surface area contributed by atoms with Gasteiger partial charge in [0.05, 0.1) is 28.7 Å². The van der Waals surface area contributed by atoms with E-state index in [0.717, 1.165) is 4.47 Å². The Kier molecular flexibility index (Phi) is 3.90. The van der Waals surface area contributed by atoms with Gasteiger partial charge in [0, 0.05) is 12.7 Å². The van der Waals surface area contributed by atoms with E-state index in [1.807, 2.05) is 0 Å². The minimum Gasteiger partial charge on any atom is -0.396 e. The van der Waals surface area contributed by atoms with E-state index < -0.39 is 5.60 Å². The molecule has 6 heteroatoms. The van der Waals surface area contributed by atoms with Crippen LogP contribution >= 0.6 is 15.9 Å². The largest absolute Gasteiger partial charge is 0.396 e. The molecule has 0 saturated carbocycles. The summed E-state index contributed by atoms with van der Waals surface area (Å²) in [4.78, 5) is 3.89. The molecule has 0 aliphatic rings. The van der Waals surface area contributed by atoms with E-state index in [2.05, 4.69) is 26.2 Å². The van der Waals surface area contributed by atoms with E-state index in [9.17, 15) is 5.11 Å². The van der Waals surface area contributed by atoms with Crippen molar-refractivity contribution in [2.75, 3.05) is 24.2 Å². The topological polar surface area (TPSA) is 91.4 Å². The van der Waals surface area contributed by atoms with E-state index in [-0.39, 0.29) is 13.2 Å². The fourth-order valence-electron chi connectivity index (χ4n) is 0.971. The van der Waals surface area contributed by atoms with Crippen molar-refractivity contribution in [2.24, 2.45) is 0 Å². The van der Waals surface area contributed by atoms with Crippen LogP contribution < -0.4 is 11.1 Å². The highest BCUT2D eigenvalue weighted by Crippen LogP contribution is 2.27. The molecule has 0 amide bonds. The monoisotopic (exact) mass is 275 g/mol. The van der Waals surface area contributed by atoms with Crippen LogP contribution in [-0.4, -0.2) is 33.9 Å². The number of pyridine rings is 1. The first-order valence-corrected chi connectivity index (χ1v) is 5.21. The normalized spacial score (nSPS) is 14.7. The number of aliphatic hydroxyl groups excluding tert-OH is 1. The molecule has 5 N–H and O–H groups in total. The van der Waals surface area contributed by atoms with Crippen LogP contribution in [0.5, 0.6) is 0 Å². The summed E-state index contributed by atoms with van der Waals surface area (Å²) in [6, 6.07) is 0. The van der Waals surface area contributed by atoms with E-state index in [0.29, 0.717) is 11.4 Å². The predicted molar refractivity (Wildman–Crippen MR) is 62.5 cm³/mol. The Bertz CT molecular complexity index is 324. The summed E-state index contributed by atoms with van der Waals surface area (Å²) in [7, 11) is 0. The molecule has 0 saturated heterocycles. The van der Waals surface area contributed by atoms with E-state index in [4.69, 9.17) is 10.8 Å². The highest BCUT2D eigenvalue weighted by atomic mass is 79.9. The summed E-state index contributed by atoms with van der Waals surface area (Å²) >= 11 is 3.29. The van der Waals surface area contributed by atoms with Crippen LogP contribution in [-0.2, 0) is 0 Å². The molecule has 0 bridgehead atoms. The molecule has 1 rings (SSSR count). The summed E-state index contributed by atoms with van der Waals surface area (Å²) in [6.45, 7) is 1.42. The SMILES string of the molecule is CC(O)(CO)CNc1c(N)cncc1Br. The van der Waals surface area contributed by atoms with Crippen molar-refractivity contribution >= 4 is 27.3 Å². The van der Waals surface area contributed by atoms with Crippen LogP contribution in [0, 0.1) is 0 Å². The van der Waals surface area contributed by atoms with Gasteiger partial charge in [-0.1, -0.05) is 0 Å². The van der Waals surface area contributed by atoms with Crippen molar-refractivity contribution in [3.05, 3.63) is 16.9 Å². The average molecular weight is 276 g/mol. The Morgan fingerprint density at radius 2 is 2.27 bits per heavy atom. The van der Waals surface area contributed by atoms with Gasteiger partial charge in [0.2, 0.25) is 0 Å². The second-order valence-electron chi connectivity index (χ2n) is 3.59. The first kappa shape index (κ1) is 12.2. The lowest BCUT2D eigenvalue weighted by Gasteiger charge is -2.22. The molecule has 0 radical (unpaired) electrons. The molecule has 5 nitrogen and oxygen atoms in total. The van der Waals surface area contributed by atoms with Crippen molar-refractivity contribution in [1.82, 2.24) is 4.98 Å². The number of anilines is 2. The van der Waals surface area contributed by atoms with Gasteiger partial charge >= 0.3 is 0 Å². The molecular formula is C9H14BrN3O2. The minimum atomic E-state index is -1.17. The van der Waals surface area contributed by atoms with Gasteiger partial charge in [-0.15, -0.1) is 0 Å². The maximum atomic E-state index is 9.58. The Morgan fingerprint density at radius 1 is 1.60 bits per heavy atom. The number of rotatable bonds is 4. The summed E-state index contributed by atoms with van der Waals surface area (Å²) < 4.78 is 0.719. The Morgan fingerprint density at radius 3 is 2.80 bits per heavy atom. The van der Waals surface area contributed by atoms with Crippen molar-refractivity contribution in [3.8, 4) is 0 Å². The summed E-state index contributed by atoms with van der Waals surface area (Å²) in [5.41, 5.74) is 5.67. The van der Waals surface area contributed by atoms with Gasteiger partial charge in [-0.25, -0.2) is 0 Å². The molecule has 1 unspecified atom stereocenters. The van der Waals surface area contributed by atoms with Gasteiger partial charge in [0.25, 0.3) is 0 Å². The first-order chi connectivity index (χ1) is 6.96. The smallest absolute Gasteiger partial charge is 0.102 e. The lowest BCUT2D eigenvalue weighted by Crippen LogP contribution is -2.37. The van der Waals surface area contributed by atoms with Crippen LogP contribution in [0.3, 0.4) is 0 Å². The molecular weight excluding hydrogens is 262 g/mol. The molecule has 0 aromatic carbocycles. The molecule has 0 fully saturated rings. The van der Waals surface area contributed by atoms with Crippen LogP contribution in [0.2, 0.25) is 0 Å². The molecule has 0 aliphatic carbocycles. The second-order valence-corrected chi connectivity index (χ2v) is 4.45. The number of hydrogen-bond acceptors (Lipinski definition) is 5. The third-order valence-corrected chi connectivity index (χ3v) is 2.52. The van der Waals surface area contributed by atoms with Gasteiger partial charge in [-0.2, -0.15) is 0 Å². The van der Waals surface area contributed by atoms with Gasteiger partial charge in [0.15, 0.2) is 0 Å². The van der Waals surface area contributed by atoms with Crippen molar-refractivity contribution in [2.45, 2.75) is 12.5 Å². The quantitative estimate of drug-likeness (QED) is 0.645. The second kappa shape index (κ2) is 4.78. The van der Waals surface area contributed by atoms with Gasteiger partial charge in [0.1, 0.15) is 5.60 Å². The molecule has 15 heavy (non-hydrogen) atoms. The average Bonchev–Trinajstić information content (AvgIpc) is 2.17. The highest BCUT2D eigenvalue weighted by molar-refractivity contribution is 9.10. The molecule has 1 heterocycles. The highest BCUT2D eigenvalue weighted by Gasteiger charge is 2.19. The van der Waals surface area contributed by atoms with Crippen molar-refractivity contribution in [1.29, 1.82) is 0 Å². The standard InChI is InChI=1S/C9H14BrN3O2/c1-9(15,5-14)4-13-8-6(10)2-12-3-7(8)11/h2-3,14-15H,4-5,11H2,1H3,(H,12,13). The number of nitrogens with one attached hydrogen (secondary N) is 1. The minimum absolute atomic E-state index is 0.205. The zero-order valence-corrected chi connectivity index (χ0v) is 9.95. The number of nitrogens with two attached hydrogens (primary N) is 1. The predicted octanol–water partition coefficient (Wildman–Crippen LogP) is 0.581. The summed E-state index contributed by atoms with van der Waals surface area (Å²) in [6.07, 6.45) is 3.12. The number of halogens is 1. The van der Waals surface area contributed by atoms with E-state index in [1.54, 1.807) is 6.20 Å². The molecule has 0 spiro atoms. The number of aromatic nitrogens is 1. The van der Waals surface area contributed by atoms with Crippen LogP contribution in [0.25, 0.3) is 0 Å². The van der Waals surface area contributed by atoms with Gasteiger partial charge < -0.3 is 21.3 Å². The maximum Gasteiger partial charge on any atom is 0.102 e. The molecule has 0 aliphatic heterocycles. The summed E-state index contributed by atoms with van der Waals surface area (Å²) in [5.74, 6) is 0. The fourth-order valence-corrected chi connectivity index (χ4v) is 1.46. The van der Waals surface area contributed by atoms with Gasteiger partial charge in [-0.05, 0) is 22.9 Å². The third-order valence-electron chi connectivity index (χ3n) is 1.92. The molecule has 1 aromatic heterocycles. The van der Waals surface area contributed by atoms with Crippen molar-refractivity contribution in [3.63, 3.8) is 0 Å². The Labute approximate surface area is 96.5 Å². The van der Waals surface area contributed by atoms with Crippen LogP contribution in [0.15, 0.2) is 16.9 Å². The third kappa shape index (κ3) is 3.33. The lowest BCUT2D eigenvalue weighted by atomic mass is 10.1. The zero-order chi connectivity index (χ0) is 11.5. The molecule has 84 valence electrons. The van der Waals surface area contributed by atoms with Crippen LogP contribution in [0.1, 0.15) is 6.92 Å². The number of nitrogen functional groups attached to an aromatic ring is 1. The fraction of sp³-hybridized carbons (Fsp3) is 0.444. The maximum absolute atomic E-state index is 9.58. The van der Waals surface area contributed by atoms with Crippen LogP contribution in [0.4, 0.5) is 11.4 Å². The lowest BCUT2D eigenvalue weighted by molar-refractivity contribution is 0.0132. The van der Waals surface area contributed by atoms with Crippen molar-refractivity contribution < 1.29 is 10.2 Å². The zero-order valence-electron chi connectivity index (χ0n) is 8.37. The van der Waals surface area contributed by atoms with Gasteiger partial charge in [-0.3, -0.25) is 4.98 Å². The number of aliphatic hydroxyl groups is 2. The summed E-state index contributed by atoms with van der Waals surface area (Å²) in [5, 5.41) is 21.4. The molecule has 1 atom stereocenters. The number of nitrogens with zero attached hydrogens (tertiary/aromatic N) is 1. The molecule has 1 aromatic rings. The Balaban J connectivity index is 2.73. The van der Waals surface area contributed by atoms with E-state index in [1.165, 1.54) is 13.1 Å². The Hall–Kier alpha value is -0.850. The van der Waals surface area contributed by atoms with E-state index >= 15 is 0 Å². The number of hydrogen-bond donors (Lipinski definition) is 4. The first-order valence-electron chi connectivity index (χ1n) is 4.42.